The number of nitrogens with zero attached hydrogens (tertiary/aromatic N) is 1. The van der Waals surface area contributed by atoms with Crippen molar-refractivity contribution in [2.45, 2.75) is 12.5 Å². The van der Waals surface area contributed by atoms with E-state index < -0.39 is 6.04 Å². The van der Waals surface area contributed by atoms with Gasteiger partial charge < -0.3 is 20.5 Å². The molecule has 144 valence electrons. The number of carbonyl (C=O) groups excluding carboxylic acids is 2. The van der Waals surface area contributed by atoms with Crippen LogP contribution in [-0.2, 0) is 16.0 Å². The van der Waals surface area contributed by atoms with Crippen molar-refractivity contribution in [3.05, 3.63) is 66.1 Å². The third-order valence-electron chi connectivity index (χ3n) is 4.99. The van der Waals surface area contributed by atoms with Crippen LogP contribution >= 0.6 is 0 Å². The van der Waals surface area contributed by atoms with Crippen LogP contribution in [0.4, 0.5) is 10.1 Å². The maximum absolute atomic E-state index is 13.1. The first-order valence-electron chi connectivity index (χ1n) is 9.23. The molecule has 2 aromatic carbocycles. The lowest BCUT2D eigenvalue weighted by Crippen LogP contribution is -2.58. The molecule has 2 heterocycles. The van der Waals surface area contributed by atoms with Crippen molar-refractivity contribution >= 4 is 28.4 Å². The van der Waals surface area contributed by atoms with Gasteiger partial charge in [-0.2, -0.15) is 0 Å². The van der Waals surface area contributed by atoms with Gasteiger partial charge in [0, 0.05) is 42.4 Å². The lowest BCUT2D eigenvalue weighted by molar-refractivity contribution is -0.139. The summed E-state index contributed by atoms with van der Waals surface area (Å²) < 4.78 is 13.1. The van der Waals surface area contributed by atoms with Gasteiger partial charge in [0.1, 0.15) is 11.9 Å². The number of aromatic nitrogens is 1. The third-order valence-corrected chi connectivity index (χ3v) is 4.99. The van der Waals surface area contributed by atoms with Crippen molar-refractivity contribution in [3.63, 3.8) is 0 Å². The number of anilines is 1. The van der Waals surface area contributed by atoms with E-state index in [4.69, 9.17) is 0 Å². The van der Waals surface area contributed by atoms with Crippen molar-refractivity contribution in [3.8, 4) is 0 Å². The van der Waals surface area contributed by atoms with Gasteiger partial charge in [0.25, 0.3) is 0 Å². The van der Waals surface area contributed by atoms with E-state index in [9.17, 15) is 14.0 Å². The SMILES string of the molecule is O=C(Nc1ccc(F)cc1)[C@H]1CNCCN1C(=O)Cc1c[nH]c2ccccc12. The van der Waals surface area contributed by atoms with E-state index in [0.717, 1.165) is 16.5 Å². The van der Waals surface area contributed by atoms with Crippen molar-refractivity contribution in [1.29, 1.82) is 0 Å². The second kappa shape index (κ2) is 7.82. The number of para-hydroxylation sites is 1. The molecule has 4 rings (SSSR count). The number of benzene rings is 2. The highest BCUT2D eigenvalue weighted by Gasteiger charge is 2.32. The monoisotopic (exact) mass is 380 g/mol. The van der Waals surface area contributed by atoms with Gasteiger partial charge >= 0.3 is 0 Å². The number of nitrogens with one attached hydrogen (secondary N) is 3. The first-order chi connectivity index (χ1) is 13.6. The largest absolute Gasteiger partial charge is 0.361 e. The van der Waals surface area contributed by atoms with Crippen molar-refractivity contribution < 1.29 is 14.0 Å². The molecule has 0 saturated carbocycles. The van der Waals surface area contributed by atoms with Crippen LogP contribution in [0.2, 0.25) is 0 Å². The summed E-state index contributed by atoms with van der Waals surface area (Å²) in [4.78, 5) is 30.5. The Labute approximate surface area is 161 Å². The summed E-state index contributed by atoms with van der Waals surface area (Å²) in [7, 11) is 0. The highest BCUT2D eigenvalue weighted by atomic mass is 19.1. The van der Waals surface area contributed by atoms with Gasteiger partial charge in [-0.1, -0.05) is 18.2 Å². The van der Waals surface area contributed by atoms with E-state index in [1.54, 1.807) is 4.90 Å². The molecule has 1 aliphatic heterocycles. The maximum atomic E-state index is 13.1. The highest BCUT2D eigenvalue weighted by molar-refractivity contribution is 5.98. The summed E-state index contributed by atoms with van der Waals surface area (Å²) in [5.74, 6) is -0.746. The average Bonchev–Trinajstić information content (AvgIpc) is 3.12. The minimum absolute atomic E-state index is 0.0921. The number of H-pyrrole nitrogens is 1. The van der Waals surface area contributed by atoms with E-state index in [1.807, 2.05) is 30.5 Å². The van der Waals surface area contributed by atoms with Crippen LogP contribution in [0, 0.1) is 5.82 Å². The standard InChI is InChI=1S/C21H21FN4O2/c22-15-5-7-16(8-6-15)25-21(28)19-13-23-9-10-26(19)20(27)11-14-12-24-18-4-2-1-3-17(14)18/h1-8,12,19,23-24H,9-11,13H2,(H,25,28)/t19-/m1/s1. The average molecular weight is 380 g/mol. The van der Waals surface area contributed by atoms with E-state index in [1.165, 1.54) is 24.3 Å². The van der Waals surface area contributed by atoms with Gasteiger partial charge in [-0.3, -0.25) is 9.59 Å². The van der Waals surface area contributed by atoms with Crippen LogP contribution in [-0.4, -0.2) is 47.4 Å². The summed E-state index contributed by atoms with van der Waals surface area (Å²) in [5.41, 5.74) is 2.40. The van der Waals surface area contributed by atoms with E-state index in [2.05, 4.69) is 15.6 Å². The van der Waals surface area contributed by atoms with Crippen LogP contribution in [0.5, 0.6) is 0 Å². The van der Waals surface area contributed by atoms with Crippen LogP contribution in [0.25, 0.3) is 10.9 Å². The first-order valence-corrected chi connectivity index (χ1v) is 9.23. The van der Waals surface area contributed by atoms with Crippen molar-refractivity contribution in [2.75, 3.05) is 25.0 Å². The van der Waals surface area contributed by atoms with E-state index in [0.29, 0.717) is 25.3 Å². The molecule has 7 heteroatoms. The van der Waals surface area contributed by atoms with Crippen LogP contribution < -0.4 is 10.6 Å². The smallest absolute Gasteiger partial charge is 0.248 e. The Kier molecular flexibility index (Phi) is 5.08. The summed E-state index contributed by atoms with van der Waals surface area (Å²) in [5, 5.41) is 6.94. The van der Waals surface area contributed by atoms with Gasteiger partial charge in [0.05, 0.1) is 6.42 Å². The van der Waals surface area contributed by atoms with Gasteiger partial charge in [0.2, 0.25) is 11.8 Å². The van der Waals surface area contributed by atoms with Crippen molar-refractivity contribution in [2.24, 2.45) is 0 Å². The molecule has 1 fully saturated rings. The van der Waals surface area contributed by atoms with Gasteiger partial charge in [-0.25, -0.2) is 4.39 Å². The summed E-state index contributed by atoms with van der Waals surface area (Å²) >= 11 is 0. The molecule has 3 aromatic rings. The Morgan fingerprint density at radius 3 is 2.75 bits per heavy atom. The minimum atomic E-state index is -0.614. The topological polar surface area (TPSA) is 77.2 Å². The number of aromatic amines is 1. The summed E-state index contributed by atoms with van der Waals surface area (Å²) in [6, 6.07) is 12.8. The van der Waals surface area contributed by atoms with Gasteiger partial charge in [-0.05, 0) is 35.9 Å². The molecule has 1 aliphatic rings. The zero-order chi connectivity index (χ0) is 19.5. The van der Waals surface area contributed by atoms with Gasteiger partial charge in [-0.15, -0.1) is 0 Å². The number of piperazine rings is 1. The first kappa shape index (κ1) is 18.2. The predicted octanol–water partition coefficient (Wildman–Crippen LogP) is 2.29. The fraction of sp³-hybridized carbons (Fsp3) is 0.238. The zero-order valence-corrected chi connectivity index (χ0v) is 15.2. The quantitative estimate of drug-likeness (QED) is 0.650. The fourth-order valence-corrected chi connectivity index (χ4v) is 3.54. The molecule has 28 heavy (non-hydrogen) atoms. The minimum Gasteiger partial charge on any atom is -0.361 e. The normalized spacial score (nSPS) is 16.9. The molecule has 3 N–H and O–H groups in total. The molecule has 6 nitrogen and oxygen atoms in total. The third kappa shape index (κ3) is 3.75. The Hall–Kier alpha value is -3.19. The Bertz CT molecular complexity index is 999. The van der Waals surface area contributed by atoms with Crippen LogP contribution in [0.3, 0.4) is 0 Å². The number of fused-ring (bicyclic) bond motifs is 1. The molecule has 1 aromatic heterocycles. The molecule has 2 amide bonds. The molecule has 0 spiro atoms. The Morgan fingerprint density at radius 2 is 1.93 bits per heavy atom. The van der Waals surface area contributed by atoms with E-state index >= 15 is 0 Å². The summed E-state index contributed by atoms with van der Waals surface area (Å²) in [6.45, 7) is 1.48. The molecule has 1 atom stereocenters. The lowest BCUT2D eigenvalue weighted by Gasteiger charge is -2.35. The zero-order valence-electron chi connectivity index (χ0n) is 15.2. The predicted molar refractivity (Wildman–Crippen MR) is 105 cm³/mol. The lowest BCUT2D eigenvalue weighted by atomic mass is 10.1. The van der Waals surface area contributed by atoms with E-state index in [-0.39, 0.29) is 24.1 Å². The molecule has 1 saturated heterocycles. The molecule has 0 aliphatic carbocycles. The summed E-state index contributed by atoms with van der Waals surface area (Å²) in [6.07, 6.45) is 2.07. The number of hydrogen-bond acceptors (Lipinski definition) is 3. The number of carbonyl (C=O) groups is 2. The molecular weight excluding hydrogens is 359 g/mol. The molecule has 0 unspecified atom stereocenters. The number of halogens is 1. The van der Waals surface area contributed by atoms with Crippen LogP contribution in [0.15, 0.2) is 54.7 Å². The molecular formula is C21H21FN4O2. The molecule has 0 radical (unpaired) electrons. The highest BCUT2D eigenvalue weighted by Crippen LogP contribution is 2.20. The molecule has 0 bridgehead atoms. The fourth-order valence-electron chi connectivity index (χ4n) is 3.54. The Morgan fingerprint density at radius 1 is 1.14 bits per heavy atom. The number of rotatable bonds is 4. The van der Waals surface area contributed by atoms with Gasteiger partial charge in [0.15, 0.2) is 0 Å². The second-order valence-electron chi connectivity index (χ2n) is 6.84. The second-order valence-corrected chi connectivity index (χ2v) is 6.84. The van der Waals surface area contributed by atoms with Crippen molar-refractivity contribution in [1.82, 2.24) is 15.2 Å². The van der Waals surface area contributed by atoms with Crippen LogP contribution in [0.1, 0.15) is 5.56 Å². The maximum Gasteiger partial charge on any atom is 0.248 e. The number of hydrogen-bond donors (Lipinski definition) is 3. The Balaban J connectivity index is 1.48. The number of amides is 2.